The topological polar surface area (TPSA) is 57.7 Å². The van der Waals surface area contributed by atoms with Crippen molar-refractivity contribution < 1.29 is 13.2 Å². The number of hydrogen-bond donors (Lipinski definition) is 0. The van der Waals surface area contributed by atoms with Gasteiger partial charge >= 0.3 is 0 Å². The summed E-state index contributed by atoms with van der Waals surface area (Å²) in [5, 5.41) is 0. The summed E-state index contributed by atoms with van der Waals surface area (Å²) in [5.41, 5.74) is 3.64. The van der Waals surface area contributed by atoms with Gasteiger partial charge in [-0.3, -0.25) is 4.79 Å². The van der Waals surface area contributed by atoms with E-state index in [-0.39, 0.29) is 10.8 Å². The summed E-state index contributed by atoms with van der Waals surface area (Å²) in [7, 11) is -3.53. The molecule has 0 aliphatic carbocycles. The highest BCUT2D eigenvalue weighted by Crippen LogP contribution is 2.32. The molecule has 27 heavy (non-hydrogen) atoms. The summed E-state index contributed by atoms with van der Waals surface area (Å²) in [4.78, 5) is 15.2. The van der Waals surface area contributed by atoms with E-state index in [1.165, 1.54) is 15.9 Å². The van der Waals surface area contributed by atoms with Crippen LogP contribution in [0.1, 0.15) is 40.7 Å². The Morgan fingerprint density at radius 2 is 1.70 bits per heavy atom. The van der Waals surface area contributed by atoms with E-state index in [9.17, 15) is 13.2 Å². The molecule has 2 aromatic carbocycles. The first kappa shape index (κ1) is 18.2. The third-order valence-corrected chi connectivity index (χ3v) is 7.34. The minimum atomic E-state index is -3.53. The van der Waals surface area contributed by atoms with Gasteiger partial charge < -0.3 is 4.90 Å². The zero-order valence-electron chi connectivity index (χ0n) is 15.5. The molecule has 6 heteroatoms. The SMILES string of the molecule is Cc1cccc2c1N(C(=O)c1cccc(S(=O)(=O)N3CCCC3)c1)CCC2. The van der Waals surface area contributed by atoms with Crippen LogP contribution in [0.3, 0.4) is 0 Å². The number of anilines is 1. The molecule has 0 spiro atoms. The molecule has 2 aliphatic heterocycles. The van der Waals surface area contributed by atoms with Crippen molar-refractivity contribution in [2.75, 3.05) is 24.5 Å². The molecule has 5 nitrogen and oxygen atoms in total. The fourth-order valence-corrected chi connectivity index (χ4v) is 5.64. The molecule has 0 saturated carbocycles. The molecule has 1 fully saturated rings. The number of nitrogens with zero attached hydrogens (tertiary/aromatic N) is 2. The summed E-state index contributed by atoms with van der Waals surface area (Å²) in [6, 6.07) is 12.6. The lowest BCUT2D eigenvalue weighted by Crippen LogP contribution is -2.36. The van der Waals surface area contributed by atoms with E-state index in [4.69, 9.17) is 0 Å². The van der Waals surface area contributed by atoms with Crippen molar-refractivity contribution in [2.24, 2.45) is 0 Å². The smallest absolute Gasteiger partial charge is 0.258 e. The number of carbonyl (C=O) groups excluding carboxylic acids is 1. The van der Waals surface area contributed by atoms with Crippen LogP contribution in [-0.4, -0.2) is 38.3 Å². The summed E-state index contributed by atoms with van der Waals surface area (Å²) >= 11 is 0. The average molecular weight is 385 g/mol. The second-order valence-electron chi connectivity index (χ2n) is 7.28. The summed E-state index contributed by atoms with van der Waals surface area (Å²) in [6.07, 6.45) is 3.65. The van der Waals surface area contributed by atoms with Crippen molar-refractivity contribution in [2.45, 2.75) is 37.5 Å². The van der Waals surface area contributed by atoms with Gasteiger partial charge in [0.15, 0.2) is 0 Å². The maximum atomic E-state index is 13.2. The number of para-hydroxylation sites is 1. The Kier molecular flexibility index (Phi) is 4.78. The van der Waals surface area contributed by atoms with Gasteiger partial charge in [0.1, 0.15) is 0 Å². The molecule has 0 unspecified atom stereocenters. The van der Waals surface area contributed by atoms with Crippen LogP contribution < -0.4 is 4.90 Å². The first-order valence-electron chi connectivity index (χ1n) is 9.49. The molecule has 0 atom stereocenters. The molecule has 4 rings (SSSR count). The second kappa shape index (κ2) is 7.09. The fraction of sp³-hybridized carbons (Fsp3) is 0.381. The Balaban J connectivity index is 1.69. The van der Waals surface area contributed by atoms with Gasteiger partial charge in [-0.2, -0.15) is 4.31 Å². The van der Waals surface area contributed by atoms with Crippen LogP contribution in [0.5, 0.6) is 0 Å². The van der Waals surface area contributed by atoms with Crippen LogP contribution in [0.4, 0.5) is 5.69 Å². The molecular formula is C21H24N2O3S. The predicted octanol–water partition coefficient (Wildman–Crippen LogP) is 3.37. The first-order valence-corrected chi connectivity index (χ1v) is 10.9. The van der Waals surface area contributed by atoms with Gasteiger partial charge in [0, 0.05) is 25.2 Å². The number of rotatable bonds is 3. The van der Waals surface area contributed by atoms with Crippen LogP contribution in [0.15, 0.2) is 47.4 Å². The van der Waals surface area contributed by atoms with Gasteiger partial charge in [0.25, 0.3) is 5.91 Å². The Morgan fingerprint density at radius 3 is 2.48 bits per heavy atom. The average Bonchev–Trinajstić information content (AvgIpc) is 3.23. The van der Waals surface area contributed by atoms with Crippen LogP contribution in [0.25, 0.3) is 0 Å². The lowest BCUT2D eigenvalue weighted by molar-refractivity contribution is 0.0984. The van der Waals surface area contributed by atoms with Crippen LogP contribution >= 0.6 is 0 Å². The Morgan fingerprint density at radius 1 is 0.963 bits per heavy atom. The van der Waals surface area contributed by atoms with E-state index < -0.39 is 10.0 Å². The number of hydrogen-bond acceptors (Lipinski definition) is 3. The normalized spacial score (nSPS) is 17.7. The van der Waals surface area contributed by atoms with Gasteiger partial charge in [0.05, 0.1) is 10.6 Å². The Labute approximate surface area is 160 Å². The molecule has 0 aromatic heterocycles. The molecule has 0 N–H and O–H groups in total. The van der Waals surface area contributed by atoms with Gasteiger partial charge in [0.2, 0.25) is 10.0 Å². The number of benzene rings is 2. The maximum absolute atomic E-state index is 13.2. The largest absolute Gasteiger partial charge is 0.308 e. The second-order valence-corrected chi connectivity index (χ2v) is 9.22. The number of fused-ring (bicyclic) bond motifs is 1. The van der Waals surface area contributed by atoms with Crippen molar-refractivity contribution in [3.8, 4) is 0 Å². The molecule has 2 aromatic rings. The summed E-state index contributed by atoms with van der Waals surface area (Å²) < 4.78 is 27.2. The summed E-state index contributed by atoms with van der Waals surface area (Å²) in [5.74, 6) is -0.135. The van der Waals surface area contributed by atoms with Crippen LogP contribution in [-0.2, 0) is 16.4 Å². The molecular weight excluding hydrogens is 360 g/mol. The van der Waals surface area contributed by atoms with E-state index in [1.54, 1.807) is 23.1 Å². The van der Waals surface area contributed by atoms with Gasteiger partial charge in [-0.15, -0.1) is 0 Å². The van der Waals surface area contributed by atoms with Crippen molar-refractivity contribution in [1.82, 2.24) is 4.31 Å². The lowest BCUT2D eigenvalue weighted by atomic mass is 9.97. The van der Waals surface area contributed by atoms with Crippen molar-refractivity contribution in [3.63, 3.8) is 0 Å². The van der Waals surface area contributed by atoms with Crippen molar-refractivity contribution >= 4 is 21.6 Å². The highest BCUT2D eigenvalue weighted by Gasteiger charge is 2.29. The monoisotopic (exact) mass is 384 g/mol. The molecule has 142 valence electrons. The fourth-order valence-electron chi connectivity index (χ4n) is 4.07. The van der Waals surface area contributed by atoms with E-state index in [0.717, 1.165) is 36.9 Å². The minimum Gasteiger partial charge on any atom is -0.308 e. The molecule has 0 bridgehead atoms. The Bertz CT molecular complexity index is 979. The zero-order valence-corrected chi connectivity index (χ0v) is 16.3. The minimum absolute atomic E-state index is 0.135. The maximum Gasteiger partial charge on any atom is 0.258 e. The first-order chi connectivity index (χ1) is 13.0. The van der Waals surface area contributed by atoms with E-state index >= 15 is 0 Å². The highest BCUT2D eigenvalue weighted by molar-refractivity contribution is 7.89. The lowest BCUT2D eigenvalue weighted by Gasteiger charge is -2.31. The standard InChI is InChI=1S/C21H24N2O3S/c1-16-7-4-8-17-10-6-14-23(20(16)17)21(24)18-9-5-11-19(15-18)27(25,26)22-12-2-3-13-22/h4-5,7-9,11,15H,2-3,6,10,12-14H2,1H3. The molecule has 2 aliphatic rings. The quantitative estimate of drug-likeness (QED) is 0.815. The number of sulfonamides is 1. The number of aryl methyl sites for hydroxylation is 2. The third-order valence-electron chi connectivity index (χ3n) is 5.45. The number of amides is 1. The van der Waals surface area contributed by atoms with E-state index in [1.807, 2.05) is 19.1 Å². The molecule has 1 amide bonds. The van der Waals surface area contributed by atoms with Crippen molar-refractivity contribution in [1.29, 1.82) is 0 Å². The molecule has 1 saturated heterocycles. The Hall–Kier alpha value is -2.18. The molecule has 0 radical (unpaired) electrons. The number of carbonyl (C=O) groups is 1. The van der Waals surface area contributed by atoms with Crippen molar-refractivity contribution in [3.05, 3.63) is 59.2 Å². The van der Waals surface area contributed by atoms with Crippen LogP contribution in [0, 0.1) is 6.92 Å². The van der Waals surface area contributed by atoms with Crippen LogP contribution in [0.2, 0.25) is 0 Å². The van der Waals surface area contributed by atoms with Gasteiger partial charge in [-0.1, -0.05) is 24.3 Å². The predicted molar refractivity (Wildman–Crippen MR) is 106 cm³/mol. The summed E-state index contributed by atoms with van der Waals surface area (Å²) in [6.45, 7) is 3.77. The van der Waals surface area contributed by atoms with E-state index in [0.29, 0.717) is 25.2 Å². The van der Waals surface area contributed by atoms with Gasteiger partial charge in [-0.05, 0) is 61.9 Å². The van der Waals surface area contributed by atoms with Gasteiger partial charge in [-0.25, -0.2) is 8.42 Å². The third kappa shape index (κ3) is 3.28. The van der Waals surface area contributed by atoms with E-state index in [2.05, 4.69) is 6.07 Å². The highest BCUT2D eigenvalue weighted by atomic mass is 32.2. The zero-order chi connectivity index (χ0) is 19.0. The molecule has 2 heterocycles.